The molecule has 7 heteroatoms. The molecule has 0 aliphatic carbocycles. The highest BCUT2D eigenvalue weighted by Gasteiger charge is 2.24. The van der Waals surface area contributed by atoms with Crippen LogP contribution in [0.5, 0.6) is 0 Å². The predicted molar refractivity (Wildman–Crippen MR) is 86.2 cm³/mol. The molecule has 1 rings (SSSR count). The number of nitrogens with one attached hydrogen (secondary N) is 1. The Morgan fingerprint density at radius 3 is 2.43 bits per heavy atom. The quantitative estimate of drug-likeness (QED) is 0.768. The summed E-state index contributed by atoms with van der Waals surface area (Å²) < 4.78 is 0. The molecule has 0 aliphatic rings. The number of carboxylic acid groups (broad SMARTS) is 1. The molecule has 1 aromatic rings. The Bertz CT molecular complexity index is 539. The van der Waals surface area contributed by atoms with Crippen LogP contribution < -0.4 is 5.32 Å². The van der Waals surface area contributed by atoms with Crippen molar-refractivity contribution in [1.82, 2.24) is 5.32 Å². The number of halogens is 2. The summed E-state index contributed by atoms with van der Waals surface area (Å²) in [6, 6.07) is 4.59. The van der Waals surface area contributed by atoms with Crippen molar-refractivity contribution in [2.24, 2.45) is 5.92 Å². The van der Waals surface area contributed by atoms with E-state index in [0.717, 1.165) is 0 Å². The molecule has 0 aromatic heterocycles. The van der Waals surface area contributed by atoms with Crippen LogP contribution in [0.2, 0.25) is 10.0 Å². The van der Waals surface area contributed by atoms with E-state index in [1.165, 1.54) is 11.8 Å². The zero-order chi connectivity index (χ0) is 16.2. The average molecular weight is 350 g/mol. The van der Waals surface area contributed by atoms with Gasteiger partial charge in [0, 0.05) is 16.0 Å². The average Bonchev–Trinajstić information content (AvgIpc) is 2.41. The Morgan fingerprint density at radius 2 is 1.86 bits per heavy atom. The van der Waals surface area contributed by atoms with Gasteiger partial charge >= 0.3 is 5.97 Å². The second-order valence-corrected chi connectivity index (χ2v) is 6.99. The molecule has 3 atom stereocenters. The highest BCUT2D eigenvalue weighted by molar-refractivity contribution is 8.00. The number of rotatable bonds is 6. The summed E-state index contributed by atoms with van der Waals surface area (Å²) in [5, 5.41) is 12.3. The molecule has 3 unspecified atom stereocenters. The van der Waals surface area contributed by atoms with Crippen LogP contribution in [0.4, 0.5) is 0 Å². The Labute approximate surface area is 138 Å². The minimum absolute atomic E-state index is 0.239. The second kappa shape index (κ2) is 7.92. The van der Waals surface area contributed by atoms with E-state index < -0.39 is 23.2 Å². The van der Waals surface area contributed by atoms with Crippen molar-refractivity contribution < 1.29 is 14.7 Å². The van der Waals surface area contributed by atoms with Crippen LogP contribution >= 0.6 is 35.0 Å². The van der Waals surface area contributed by atoms with Gasteiger partial charge < -0.3 is 10.4 Å². The van der Waals surface area contributed by atoms with Gasteiger partial charge in [0.05, 0.1) is 16.2 Å². The highest BCUT2D eigenvalue weighted by atomic mass is 35.5. The molecule has 0 fully saturated rings. The number of benzene rings is 1. The van der Waals surface area contributed by atoms with Crippen molar-refractivity contribution in [2.45, 2.75) is 37.0 Å². The number of carboxylic acids is 1. The maximum absolute atomic E-state index is 12.1. The molecule has 1 aromatic carbocycles. The number of thioether (sulfide) groups is 1. The van der Waals surface area contributed by atoms with Crippen LogP contribution in [0.25, 0.3) is 0 Å². The van der Waals surface area contributed by atoms with E-state index in [0.29, 0.717) is 14.9 Å². The summed E-state index contributed by atoms with van der Waals surface area (Å²) in [6.45, 7) is 4.95. The van der Waals surface area contributed by atoms with Crippen molar-refractivity contribution in [1.29, 1.82) is 0 Å². The monoisotopic (exact) mass is 349 g/mol. The topological polar surface area (TPSA) is 66.4 Å². The lowest BCUT2D eigenvalue weighted by atomic mass is 10.0. The van der Waals surface area contributed by atoms with Crippen LogP contribution in [-0.4, -0.2) is 28.3 Å². The van der Waals surface area contributed by atoms with Gasteiger partial charge in [0.15, 0.2) is 0 Å². The highest BCUT2D eigenvalue weighted by Crippen LogP contribution is 2.32. The molecule has 0 aliphatic heterocycles. The van der Waals surface area contributed by atoms with Gasteiger partial charge in [-0.15, -0.1) is 11.8 Å². The van der Waals surface area contributed by atoms with E-state index in [-0.39, 0.29) is 5.91 Å². The third-order valence-corrected chi connectivity index (χ3v) is 4.91. The van der Waals surface area contributed by atoms with Crippen LogP contribution in [0.3, 0.4) is 0 Å². The van der Waals surface area contributed by atoms with Gasteiger partial charge in [-0.05, 0) is 39.0 Å². The largest absolute Gasteiger partial charge is 0.481 e. The molecule has 1 amide bonds. The van der Waals surface area contributed by atoms with Gasteiger partial charge in [-0.1, -0.05) is 23.2 Å². The van der Waals surface area contributed by atoms with E-state index in [4.69, 9.17) is 28.3 Å². The zero-order valence-electron chi connectivity index (χ0n) is 11.9. The number of carbonyl (C=O) groups excluding carboxylic acids is 1. The van der Waals surface area contributed by atoms with Crippen molar-refractivity contribution in [2.75, 3.05) is 0 Å². The molecule has 0 radical (unpaired) electrons. The minimum atomic E-state index is -0.944. The fraction of sp³-hybridized carbons (Fsp3) is 0.429. The summed E-state index contributed by atoms with van der Waals surface area (Å²) >= 11 is 13.2. The van der Waals surface area contributed by atoms with Crippen LogP contribution in [0.15, 0.2) is 23.1 Å². The lowest BCUT2D eigenvalue weighted by molar-refractivity contribution is -0.142. The van der Waals surface area contributed by atoms with Gasteiger partial charge in [-0.3, -0.25) is 9.59 Å². The first-order valence-corrected chi connectivity index (χ1v) is 8.00. The third-order valence-electron chi connectivity index (χ3n) is 3.08. The molecule has 0 heterocycles. The molecular formula is C14H17Cl2NO3S. The molecule has 2 N–H and O–H groups in total. The second-order valence-electron chi connectivity index (χ2n) is 4.76. The molecule has 0 saturated heterocycles. The SMILES string of the molecule is CC(Sc1cc(Cl)ccc1Cl)C(=O)NC(C)C(C)C(=O)O. The van der Waals surface area contributed by atoms with Gasteiger partial charge in [-0.25, -0.2) is 0 Å². The fourth-order valence-corrected chi connectivity index (χ4v) is 2.91. The Kier molecular flexibility index (Phi) is 6.84. The van der Waals surface area contributed by atoms with Crippen molar-refractivity contribution in [3.8, 4) is 0 Å². The first-order valence-electron chi connectivity index (χ1n) is 6.37. The van der Waals surface area contributed by atoms with Crippen molar-refractivity contribution >= 4 is 46.8 Å². The lowest BCUT2D eigenvalue weighted by Crippen LogP contribution is -2.43. The maximum atomic E-state index is 12.1. The van der Waals surface area contributed by atoms with E-state index >= 15 is 0 Å². The molecule has 0 bridgehead atoms. The van der Waals surface area contributed by atoms with Crippen LogP contribution in [0.1, 0.15) is 20.8 Å². The van der Waals surface area contributed by atoms with Crippen LogP contribution in [-0.2, 0) is 9.59 Å². The number of hydrogen-bond donors (Lipinski definition) is 2. The first-order chi connectivity index (χ1) is 9.72. The molecular weight excluding hydrogens is 333 g/mol. The maximum Gasteiger partial charge on any atom is 0.308 e. The molecule has 4 nitrogen and oxygen atoms in total. The van der Waals surface area contributed by atoms with Crippen molar-refractivity contribution in [3.05, 3.63) is 28.2 Å². The Morgan fingerprint density at radius 1 is 1.24 bits per heavy atom. The van der Waals surface area contributed by atoms with Gasteiger partial charge in [-0.2, -0.15) is 0 Å². The summed E-state index contributed by atoms with van der Waals surface area (Å²) in [6.07, 6.45) is 0. The summed E-state index contributed by atoms with van der Waals surface area (Å²) in [5.74, 6) is -1.83. The van der Waals surface area contributed by atoms with Gasteiger partial charge in [0.25, 0.3) is 0 Å². The van der Waals surface area contributed by atoms with E-state index in [2.05, 4.69) is 5.32 Å². The van der Waals surface area contributed by atoms with Gasteiger partial charge in [0.1, 0.15) is 0 Å². The van der Waals surface area contributed by atoms with Gasteiger partial charge in [0.2, 0.25) is 5.91 Å². The molecule has 116 valence electrons. The normalized spacial score (nSPS) is 15.1. The minimum Gasteiger partial charge on any atom is -0.481 e. The standard InChI is InChI=1S/C14H17Cl2NO3S/c1-7(14(19)20)8(2)17-13(18)9(3)21-12-6-10(15)4-5-11(12)16/h4-9H,1-3H3,(H,17,18)(H,19,20). The zero-order valence-corrected chi connectivity index (χ0v) is 14.2. The third kappa shape index (κ3) is 5.41. The summed E-state index contributed by atoms with van der Waals surface area (Å²) in [7, 11) is 0. The number of amides is 1. The van der Waals surface area contributed by atoms with E-state index in [9.17, 15) is 9.59 Å². The number of hydrogen-bond acceptors (Lipinski definition) is 3. The fourth-order valence-electron chi connectivity index (χ4n) is 1.49. The Hall–Kier alpha value is -0.910. The molecule has 0 spiro atoms. The number of aliphatic carboxylic acids is 1. The summed E-state index contributed by atoms with van der Waals surface area (Å²) in [4.78, 5) is 23.7. The number of carbonyl (C=O) groups is 2. The smallest absolute Gasteiger partial charge is 0.308 e. The molecule has 21 heavy (non-hydrogen) atoms. The van der Waals surface area contributed by atoms with Crippen LogP contribution in [0, 0.1) is 5.92 Å². The predicted octanol–water partition coefficient (Wildman–Crippen LogP) is 3.70. The van der Waals surface area contributed by atoms with E-state index in [1.807, 2.05) is 0 Å². The van der Waals surface area contributed by atoms with E-state index in [1.54, 1.807) is 39.0 Å². The summed E-state index contributed by atoms with van der Waals surface area (Å²) in [5.41, 5.74) is 0. The first kappa shape index (κ1) is 18.1. The Balaban J connectivity index is 2.67. The lowest BCUT2D eigenvalue weighted by Gasteiger charge is -2.20. The molecule has 0 saturated carbocycles. The van der Waals surface area contributed by atoms with Crippen molar-refractivity contribution in [3.63, 3.8) is 0 Å².